The minimum absolute atomic E-state index is 0.0228. The van der Waals surface area contributed by atoms with Crippen LogP contribution in [0.5, 0.6) is 0 Å². The lowest BCUT2D eigenvalue weighted by molar-refractivity contribution is -0.0660. The third-order valence-corrected chi connectivity index (χ3v) is 3.54. The van der Waals surface area contributed by atoms with E-state index in [1.165, 1.54) is 32.4 Å². The molecule has 0 aliphatic carbocycles. The summed E-state index contributed by atoms with van der Waals surface area (Å²) in [4.78, 5) is 2.45. The third-order valence-electron chi connectivity index (χ3n) is 3.32. The van der Waals surface area contributed by atoms with Crippen molar-refractivity contribution >= 4 is 11.6 Å². The minimum Gasteiger partial charge on any atom is -0.349 e. The average molecular weight is 234 g/mol. The Morgan fingerprint density at radius 2 is 1.80 bits per heavy atom. The fourth-order valence-electron chi connectivity index (χ4n) is 2.34. The van der Waals surface area contributed by atoms with Gasteiger partial charge in [-0.1, -0.05) is 0 Å². The van der Waals surface area contributed by atoms with Gasteiger partial charge in [0.15, 0.2) is 6.29 Å². The molecule has 0 unspecified atom stereocenters. The van der Waals surface area contributed by atoms with E-state index in [4.69, 9.17) is 21.1 Å². The van der Waals surface area contributed by atoms with Gasteiger partial charge in [0.25, 0.3) is 0 Å². The maximum absolute atomic E-state index is 5.76. The predicted molar refractivity (Wildman–Crippen MR) is 60.2 cm³/mol. The molecule has 15 heavy (non-hydrogen) atoms. The highest BCUT2D eigenvalue weighted by Crippen LogP contribution is 2.21. The number of ether oxygens (including phenoxy) is 2. The number of likely N-dealkylation sites (tertiary alicyclic amines) is 1. The molecule has 0 spiro atoms. The molecule has 0 aromatic rings. The number of alkyl halides is 1. The Balaban J connectivity index is 1.64. The largest absolute Gasteiger partial charge is 0.349 e. The van der Waals surface area contributed by atoms with Crippen LogP contribution < -0.4 is 0 Å². The van der Waals surface area contributed by atoms with Crippen molar-refractivity contribution in [3.8, 4) is 0 Å². The van der Waals surface area contributed by atoms with E-state index in [9.17, 15) is 0 Å². The number of hydrogen-bond donors (Lipinski definition) is 0. The Bertz CT molecular complexity index is 177. The summed E-state index contributed by atoms with van der Waals surface area (Å²) in [5, 5.41) is 0. The topological polar surface area (TPSA) is 21.7 Å². The number of piperidine rings is 1. The Morgan fingerprint density at radius 1 is 1.13 bits per heavy atom. The average Bonchev–Trinajstić information content (AvgIpc) is 2.74. The van der Waals surface area contributed by atoms with Gasteiger partial charge in [-0.25, -0.2) is 0 Å². The van der Waals surface area contributed by atoms with Crippen molar-refractivity contribution in [2.45, 2.75) is 25.6 Å². The lowest BCUT2D eigenvalue weighted by atomic mass is 9.94. The van der Waals surface area contributed by atoms with Gasteiger partial charge in [0, 0.05) is 12.4 Å². The predicted octanol–water partition coefficient (Wildman–Crippen LogP) is 1.70. The number of nitrogens with zero attached hydrogens (tertiary/aromatic N) is 1. The molecule has 2 saturated heterocycles. The molecular formula is C11H20ClNO2. The third kappa shape index (κ3) is 3.59. The highest BCUT2D eigenvalue weighted by molar-refractivity contribution is 6.17. The number of rotatable bonds is 4. The highest BCUT2D eigenvalue weighted by atomic mass is 35.5. The molecule has 2 aliphatic rings. The molecule has 0 amide bonds. The van der Waals surface area contributed by atoms with Crippen molar-refractivity contribution in [1.82, 2.24) is 4.90 Å². The van der Waals surface area contributed by atoms with E-state index in [1.807, 2.05) is 0 Å². The molecular weight excluding hydrogens is 214 g/mol. The van der Waals surface area contributed by atoms with Gasteiger partial charge in [-0.2, -0.15) is 0 Å². The standard InChI is InChI=1S/C11H20ClNO2/c12-4-1-10-2-5-13(6-3-10)9-11-14-7-8-15-11/h10-11H,1-9H2. The van der Waals surface area contributed by atoms with Crippen LogP contribution in [0.2, 0.25) is 0 Å². The van der Waals surface area contributed by atoms with Crippen molar-refractivity contribution in [1.29, 1.82) is 0 Å². The number of hydrogen-bond acceptors (Lipinski definition) is 3. The smallest absolute Gasteiger partial charge is 0.170 e. The van der Waals surface area contributed by atoms with Crippen LogP contribution in [0.15, 0.2) is 0 Å². The van der Waals surface area contributed by atoms with Gasteiger partial charge in [-0.3, -0.25) is 4.90 Å². The van der Waals surface area contributed by atoms with Crippen LogP contribution in [0.3, 0.4) is 0 Å². The maximum atomic E-state index is 5.76. The summed E-state index contributed by atoms with van der Waals surface area (Å²) >= 11 is 5.76. The van der Waals surface area contributed by atoms with Crippen LogP contribution in [-0.4, -0.2) is 49.9 Å². The Kier molecular flexibility index (Phi) is 4.69. The second-order valence-corrected chi connectivity index (χ2v) is 4.77. The molecule has 2 rings (SSSR count). The fourth-order valence-corrected chi connectivity index (χ4v) is 2.64. The summed E-state index contributed by atoms with van der Waals surface area (Å²) in [6.07, 6.45) is 3.75. The Morgan fingerprint density at radius 3 is 2.40 bits per heavy atom. The monoisotopic (exact) mass is 233 g/mol. The van der Waals surface area contributed by atoms with E-state index >= 15 is 0 Å². The maximum Gasteiger partial charge on any atom is 0.170 e. The molecule has 0 atom stereocenters. The first kappa shape index (κ1) is 11.6. The van der Waals surface area contributed by atoms with Crippen LogP contribution in [0.4, 0.5) is 0 Å². The van der Waals surface area contributed by atoms with Gasteiger partial charge in [-0.05, 0) is 38.3 Å². The van der Waals surface area contributed by atoms with Crippen LogP contribution in [0, 0.1) is 5.92 Å². The van der Waals surface area contributed by atoms with Gasteiger partial charge >= 0.3 is 0 Å². The van der Waals surface area contributed by atoms with Crippen molar-refractivity contribution < 1.29 is 9.47 Å². The van der Waals surface area contributed by atoms with E-state index in [2.05, 4.69) is 4.90 Å². The SMILES string of the molecule is ClCCC1CCN(CC2OCCO2)CC1. The van der Waals surface area contributed by atoms with E-state index in [0.717, 1.165) is 31.6 Å². The first-order valence-electron chi connectivity index (χ1n) is 5.90. The molecule has 2 heterocycles. The fraction of sp³-hybridized carbons (Fsp3) is 1.00. The normalized spacial score (nSPS) is 26.2. The zero-order valence-corrected chi connectivity index (χ0v) is 9.92. The second-order valence-electron chi connectivity index (χ2n) is 4.39. The molecule has 0 saturated carbocycles. The minimum atomic E-state index is 0.0228. The van der Waals surface area contributed by atoms with Crippen molar-refractivity contribution in [2.75, 3.05) is 38.7 Å². The van der Waals surface area contributed by atoms with Crippen LogP contribution >= 0.6 is 11.6 Å². The molecule has 0 radical (unpaired) electrons. The number of halogens is 1. The molecule has 0 aromatic heterocycles. The first-order valence-corrected chi connectivity index (χ1v) is 6.43. The zero-order valence-electron chi connectivity index (χ0n) is 9.16. The zero-order chi connectivity index (χ0) is 10.5. The molecule has 0 aromatic carbocycles. The summed E-state index contributed by atoms with van der Waals surface area (Å²) in [6.45, 7) is 4.80. The molecule has 2 aliphatic heterocycles. The summed E-state index contributed by atoms with van der Waals surface area (Å²) in [7, 11) is 0. The van der Waals surface area contributed by atoms with E-state index < -0.39 is 0 Å². The lowest BCUT2D eigenvalue weighted by Crippen LogP contribution is -2.39. The lowest BCUT2D eigenvalue weighted by Gasteiger charge is -2.32. The van der Waals surface area contributed by atoms with E-state index in [0.29, 0.717) is 0 Å². The van der Waals surface area contributed by atoms with Gasteiger partial charge in [0.05, 0.1) is 13.2 Å². The van der Waals surface area contributed by atoms with Crippen molar-refractivity contribution in [3.63, 3.8) is 0 Å². The summed E-state index contributed by atoms with van der Waals surface area (Å²) < 4.78 is 10.9. The van der Waals surface area contributed by atoms with Gasteiger partial charge in [0.1, 0.15) is 0 Å². The van der Waals surface area contributed by atoms with Crippen molar-refractivity contribution in [3.05, 3.63) is 0 Å². The summed E-state index contributed by atoms with van der Waals surface area (Å²) in [5.74, 6) is 1.64. The molecule has 3 nitrogen and oxygen atoms in total. The van der Waals surface area contributed by atoms with Gasteiger partial charge < -0.3 is 9.47 Å². The van der Waals surface area contributed by atoms with E-state index in [-0.39, 0.29) is 6.29 Å². The van der Waals surface area contributed by atoms with Crippen LogP contribution in [0.1, 0.15) is 19.3 Å². The Labute approximate surface area is 96.7 Å². The van der Waals surface area contributed by atoms with E-state index in [1.54, 1.807) is 0 Å². The second kappa shape index (κ2) is 6.04. The highest BCUT2D eigenvalue weighted by Gasteiger charge is 2.23. The molecule has 0 N–H and O–H groups in total. The molecule has 88 valence electrons. The first-order chi connectivity index (χ1) is 7.38. The van der Waals surface area contributed by atoms with Gasteiger partial charge in [-0.15, -0.1) is 11.6 Å². The Hall–Kier alpha value is 0.170. The van der Waals surface area contributed by atoms with Crippen LogP contribution in [-0.2, 0) is 9.47 Å². The van der Waals surface area contributed by atoms with Crippen molar-refractivity contribution in [2.24, 2.45) is 5.92 Å². The molecule has 4 heteroatoms. The quantitative estimate of drug-likeness (QED) is 0.690. The summed E-state index contributed by atoms with van der Waals surface area (Å²) in [5.41, 5.74) is 0. The van der Waals surface area contributed by atoms with Crippen LogP contribution in [0.25, 0.3) is 0 Å². The molecule has 0 bridgehead atoms. The summed E-state index contributed by atoms with van der Waals surface area (Å²) in [6, 6.07) is 0. The molecule has 2 fully saturated rings. The van der Waals surface area contributed by atoms with Gasteiger partial charge in [0.2, 0.25) is 0 Å².